The number of hydrogen-bond acceptors (Lipinski definition) is 4. The Balaban J connectivity index is 0.00000784. The van der Waals surface area contributed by atoms with E-state index in [0.717, 1.165) is 44.1 Å². The molecule has 3 N–H and O–H groups in total. The zero-order chi connectivity index (χ0) is 20.7. The third-order valence-corrected chi connectivity index (χ3v) is 3.49. The number of guanidine groups is 1. The van der Waals surface area contributed by atoms with Crippen molar-refractivity contribution in [2.75, 3.05) is 32.8 Å². The second-order valence-corrected chi connectivity index (χ2v) is 7.34. The standard InChI is InChI=1S/C21H36N4O3.HI/c1-5-22-19(24-15-11-16-25-20(26)28-21(2,3)4)23-14-9-10-17-27-18-12-7-6-8-13-18;/h6-8,12-13H,5,9-11,14-17H2,1-4H3,(H,25,26)(H2,22,23,24);1H. The summed E-state index contributed by atoms with van der Waals surface area (Å²) in [5, 5.41) is 9.29. The van der Waals surface area contributed by atoms with Crippen LogP contribution in [0.3, 0.4) is 0 Å². The number of nitrogens with zero attached hydrogens (tertiary/aromatic N) is 1. The smallest absolute Gasteiger partial charge is 0.407 e. The molecule has 0 aliphatic rings. The molecule has 1 aromatic carbocycles. The lowest BCUT2D eigenvalue weighted by atomic mass is 10.2. The number of carbonyl (C=O) groups excluding carboxylic acids is 1. The first-order chi connectivity index (χ1) is 13.4. The number of unbranched alkanes of at least 4 members (excludes halogenated alkanes) is 1. The Kier molecular flexibility index (Phi) is 15.2. The highest BCUT2D eigenvalue weighted by atomic mass is 127. The van der Waals surface area contributed by atoms with Crippen LogP contribution in [0.5, 0.6) is 5.75 Å². The van der Waals surface area contributed by atoms with Crippen LogP contribution in [0.1, 0.15) is 47.0 Å². The Morgan fingerprint density at radius 1 is 1.00 bits per heavy atom. The minimum absolute atomic E-state index is 0. The Hall–Kier alpha value is -1.71. The molecule has 0 fully saturated rings. The van der Waals surface area contributed by atoms with E-state index in [9.17, 15) is 4.79 Å². The molecule has 7 nitrogen and oxygen atoms in total. The first kappa shape index (κ1) is 27.3. The molecule has 0 aromatic heterocycles. The molecule has 0 heterocycles. The van der Waals surface area contributed by atoms with E-state index in [4.69, 9.17) is 9.47 Å². The van der Waals surface area contributed by atoms with Gasteiger partial charge < -0.3 is 25.4 Å². The van der Waals surface area contributed by atoms with Gasteiger partial charge in [-0.3, -0.25) is 4.99 Å². The fourth-order valence-electron chi connectivity index (χ4n) is 2.26. The van der Waals surface area contributed by atoms with Gasteiger partial charge in [-0.2, -0.15) is 0 Å². The molecule has 0 aliphatic heterocycles. The minimum atomic E-state index is -0.476. The molecule has 0 atom stereocenters. The normalized spacial score (nSPS) is 11.2. The highest BCUT2D eigenvalue weighted by Gasteiger charge is 2.15. The zero-order valence-corrected chi connectivity index (χ0v) is 20.5. The summed E-state index contributed by atoms with van der Waals surface area (Å²) in [6.45, 7) is 11.1. The van der Waals surface area contributed by atoms with Gasteiger partial charge in [-0.05, 0) is 59.1 Å². The van der Waals surface area contributed by atoms with Gasteiger partial charge in [0.1, 0.15) is 11.4 Å². The van der Waals surface area contributed by atoms with Gasteiger partial charge >= 0.3 is 6.09 Å². The van der Waals surface area contributed by atoms with Crippen LogP contribution in [0.2, 0.25) is 0 Å². The van der Waals surface area contributed by atoms with Crippen molar-refractivity contribution in [1.82, 2.24) is 16.0 Å². The van der Waals surface area contributed by atoms with E-state index >= 15 is 0 Å². The molecule has 0 aliphatic carbocycles. The minimum Gasteiger partial charge on any atom is -0.494 e. The van der Waals surface area contributed by atoms with Gasteiger partial charge in [0.05, 0.1) is 6.61 Å². The molecule has 1 aromatic rings. The fourth-order valence-corrected chi connectivity index (χ4v) is 2.26. The first-order valence-electron chi connectivity index (χ1n) is 10.1. The quantitative estimate of drug-likeness (QED) is 0.178. The molecule has 0 saturated heterocycles. The number of alkyl carbamates (subject to hydrolysis) is 1. The van der Waals surface area contributed by atoms with E-state index in [0.29, 0.717) is 19.7 Å². The van der Waals surface area contributed by atoms with Gasteiger partial charge in [-0.1, -0.05) is 18.2 Å². The van der Waals surface area contributed by atoms with Crippen LogP contribution >= 0.6 is 24.0 Å². The Morgan fingerprint density at radius 3 is 2.34 bits per heavy atom. The molecule has 166 valence electrons. The number of hydrogen-bond donors (Lipinski definition) is 3. The number of amides is 1. The number of nitrogens with one attached hydrogen (secondary N) is 3. The summed E-state index contributed by atoms with van der Waals surface area (Å²) in [7, 11) is 0. The highest BCUT2D eigenvalue weighted by Crippen LogP contribution is 2.08. The predicted molar refractivity (Wildman–Crippen MR) is 129 cm³/mol. The second kappa shape index (κ2) is 16.1. The molecule has 0 spiro atoms. The first-order valence-corrected chi connectivity index (χ1v) is 10.1. The van der Waals surface area contributed by atoms with Crippen molar-refractivity contribution in [2.24, 2.45) is 4.99 Å². The van der Waals surface area contributed by atoms with Crippen molar-refractivity contribution in [3.63, 3.8) is 0 Å². The lowest BCUT2D eigenvalue weighted by Crippen LogP contribution is -2.38. The third-order valence-electron chi connectivity index (χ3n) is 3.49. The predicted octanol–water partition coefficient (Wildman–Crippen LogP) is 3.93. The molecule has 29 heavy (non-hydrogen) atoms. The van der Waals surface area contributed by atoms with Crippen LogP contribution in [0.25, 0.3) is 0 Å². The molecular weight excluding hydrogens is 483 g/mol. The summed E-state index contributed by atoms with van der Waals surface area (Å²) in [5.74, 6) is 1.70. The van der Waals surface area contributed by atoms with Crippen molar-refractivity contribution in [1.29, 1.82) is 0 Å². The zero-order valence-electron chi connectivity index (χ0n) is 18.1. The monoisotopic (exact) mass is 520 g/mol. The summed E-state index contributed by atoms with van der Waals surface area (Å²) in [6, 6.07) is 9.85. The maximum Gasteiger partial charge on any atom is 0.407 e. The number of benzene rings is 1. The van der Waals surface area contributed by atoms with Gasteiger partial charge in [-0.15, -0.1) is 24.0 Å². The number of ether oxygens (including phenoxy) is 2. The van der Waals surface area contributed by atoms with Crippen LogP contribution < -0.4 is 20.7 Å². The molecule has 0 bridgehead atoms. The van der Waals surface area contributed by atoms with Crippen molar-refractivity contribution < 1.29 is 14.3 Å². The number of carbonyl (C=O) groups is 1. The van der Waals surface area contributed by atoms with Crippen LogP contribution in [0.15, 0.2) is 35.3 Å². The van der Waals surface area contributed by atoms with Crippen LogP contribution in [-0.4, -0.2) is 50.4 Å². The molecule has 0 unspecified atom stereocenters. The SMILES string of the molecule is CCNC(=NCCCNC(=O)OC(C)(C)C)NCCCCOc1ccccc1.I. The van der Waals surface area contributed by atoms with Crippen molar-refractivity contribution in [3.8, 4) is 5.75 Å². The molecule has 0 saturated carbocycles. The van der Waals surface area contributed by atoms with Crippen LogP contribution in [-0.2, 0) is 4.74 Å². The number of aliphatic imine (C=N–C) groups is 1. The fraction of sp³-hybridized carbons (Fsp3) is 0.619. The van der Waals surface area contributed by atoms with Gasteiger partial charge in [-0.25, -0.2) is 4.79 Å². The van der Waals surface area contributed by atoms with Gasteiger partial charge in [0.2, 0.25) is 0 Å². The van der Waals surface area contributed by atoms with Crippen LogP contribution in [0, 0.1) is 0 Å². The van der Waals surface area contributed by atoms with Crippen molar-refractivity contribution in [2.45, 2.75) is 52.6 Å². The highest BCUT2D eigenvalue weighted by molar-refractivity contribution is 14.0. The second-order valence-electron chi connectivity index (χ2n) is 7.34. The maximum atomic E-state index is 11.6. The summed E-state index contributed by atoms with van der Waals surface area (Å²) < 4.78 is 10.9. The average Bonchev–Trinajstić information content (AvgIpc) is 2.63. The van der Waals surface area contributed by atoms with E-state index in [2.05, 4.69) is 20.9 Å². The molecule has 8 heteroatoms. The van der Waals surface area contributed by atoms with Crippen LogP contribution in [0.4, 0.5) is 4.79 Å². The lowest BCUT2D eigenvalue weighted by Gasteiger charge is -2.19. The van der Waals surface area contributed by atoms with E-state index in [-0.39, 0.29) is 30.1 Å². The molecule has 0 radical (unpaired) electrons. The van der Waals surface area contributed by atoms with Gasteiger partial charge in [0, 0.05) is 26.2 Å². The Labute approximate surface area is 192 Å². The summed E-state index contributed by atoms with van der Waals surface area (Å²) >= 11 is 0. The summed E-state index contributed by atoms with van der Waals surface area (Å²) in [4.78, 5) is 16.1. The maximum absolute atomic E-state index is 11.6. The summed E-state index contributed by atoms with van der Waals surface area (Å²) in [6.07, 6.45) is 2.33. The van der Waals surface area contributed by atoms with E-state index in [1.165, 1.54) is 0 Å². The largest absolute Gasteiger partial charge is 0.494 e. The van der Waals surface area contributed by atoms with Crippen molar-refractivity contribution in [3.05, 3.63) is 30.3 Å². The van der Waals surface area contributed by atoms with Crippen molar-refractivity contribution >= 4 is 36.0 Å². The van der Waals surface area contributed by atoms with E-state index < -0.39 is 5.60 Å². The number of halogens is 1. The topological polar surface area (TPSA) is 84.0 Å². The van der Waals surface area contributed by atoms with E-state index in [1.807, 2.05) is 58.0 Å². The average molecular weight is 520 g/mol. The van der Waals surface area contributed by atoms with Gasteiger partial charge in [0.15, 0.2) is 5.96 Å². The Morgan fingerprint density at radius 2 is 1.69 bits per heavy atom. The number of rotatable bonds is 11. The molecule has 1 amide bonds. The lowest BCUT2D eigenvalue weighted by molar-refractivity contribution is 0.0527. The van der Waals surface area contributed by atoms with Gasteiger partial charge in [0.25, 0.3) is 0 Å². The molecule has 1 rings (SSSR count). The molecular formula is C21H37IN4O3. The summed E-state index contributed by atoms with van der Waals surface area (Å²) in [5.41, 5.74) is -0.476. The van der Waals surface area contributed by atoms with E-state index in [1.54, 1.807) is 0 Å². The number of para-hydroxylation sites is 1. The Bertz CT molecular complexity index is 577. The third kappa shape index (κ3) is 15.8.